The van der Waals surface area contributed by atoms with Crippen LogP contribution in [0.25, 0.3) is 0 Å². The Kier molecular flexibility index (Phi) is 5.71. The maximum absolute atomic E-state index is 5.74. The van der Waals surface area contributed by atoms with E-state index < -0.39 is 0 Å². The number of ether oxygens (including phenoxy) is 1. The van der Waals surface area contributed by atoms with E-state index in [-0.39, 0.29) is 6.10 Å². The van der Waals surface area contributed by atoms with Crippen LogP contribution >= 0.6 is 0 Å². The van der Waals surface area contributed by atoms with Gasteiger partial charge in [-0.15, -0.1) is 0 Å². The molecule has 0 saturated heterocycles. The molecule has 1 saturated carbocycles. The van der Waals surface area contributed by atoms with E-state index in [9.17, 15) is 0 Å². The van der Waals surface area contributed by atoms with Crippen LogP contribution in [-0.2, 0) is 6.54 Å². The van der Waals surface area contributed by atoms with Crippen molar-refractivity contribution in [2.45, 2.75) is 71.1 Å². The third-order valence-electron chi connectivity index (χ3n) is 3.72. The van der Waals surface area contributed by atoms with Gasteiger partial charge in [0.15, 0.2) is 0 Å². The van der Waals surface area contributed by atoms with Gasteiger partial charge >= 0.3 is 0 Å². The van der Waals surface area contributed by atoms with Crippen LogP contribution in [0.1, 0.15) is 57.9 Å². The zero-order chi connectivity index (χ0) is 13.5. The summed E-state index contributed by atoms with van der Waals surface area (Å²) in [5, 5.41) is 3.70. The van der Waals surface area contributed by atoms with Gasteiger partial charge in [0.25, 0.3) is 0 Å². The molecule has 1 N–H and O–H groups in total. The number of rotatable bonds is 5. The molecular weight excluding hydrogens is 234 g/mol. The minimum absolute atomic E-state index is 0.241. The Morgan fingerprint density at radius 3 is 2.58 bits per heavy atom. The molecule has 19 heavy (non-hydrogen) atoms. The summed E-state index contributed by atoms with van der Waals surface area (Å²) in [4.78, 5) is 0. The summed E-state index contributed by atoms with van der Waals surface area (Å²) < 4.78 is 5.74. The van der Waals surface area contributed by atoms with Crippen LogP contribution in [0.3, 0.4) is 0 Å². The molecule has 1 aromatic rings. The van der Waals surface area contributed by atoms with E-state index in [1.807, 2.05) is 6.07 Å². The van der Waals surface area contributed by atoms with Crippen molar-refractivity contribution in [3.63, 3.8) is 0 Å². The first-order valence-electron chi connectivity index (χ1n) is 7.73. The van der Waals surface area contributed by atoms with Crippen LogP contribution in [0, 0.1) is 0 Å². The summed E-state index contributed by atoms with van der Waals surface area (Å²) in [5.41, 5.74) is 1.32. The van der Waals surface area contributed by atoms with Crippen molar-refractivity contribution < 1.29 is 4.74 Å². The number of benzene rings is 1. The first-order valence-corrected chi connectivity index (χ1v) is 7.73. The van der Waals surface area contributed by atoms with E-state index in [0.717, 1.165) is 12.3 Å². The minimum atomic E-state index is 0.241. The molecule has 0 radical (unpaired) electrons. The molecule has 0 aromatic heterocycles. The number of hydrogen-bond donors (Lipinski definition) is 1. The van der Waals surface area contributed by atoms with Gasteiger partial charge in [0.1, 0.15) is 5.75 Å². The monoisotopic (exact) mass is 261 g/mol. The second-order valence-electron chi connectivity index (χ2n) is 5.88. The molecule has 1 aromatic carbocycles. The van der Waals surface area contributed by atoms with Crippen LogP contribution in [0.15, 0.2) is 24.3 Å². The van der Waals surface area contributed by atoms with Crippen molar-refractivity contribution in [1.82, 2.24) is 5.32 Å². The molecule has 0 unspecified atom stereocenters. The van der Waals surface area contributed by atoms with Crippen LogP contribution in [0.2, 0.25) is 0 Å². The first-order chi connectivity index (χ1) is 9.24. The van der Waals surface area contributed by atoms with Crippen LogP contribution in [-0.4, -0.2) is 12.1 Å². The minimum Gasteiger partial charge on any atom is -0.491 e. The molecular formula is C17H27NO. The highest BCUT2D eigenvalue weighted by Crippen LogP contribution is 2.19. The fraction of sp³-hybridized carbons (Fsp3) is 0.647. The standard InChI is InChI=1S/C17H27NO/c1-14(2)19-17-11-7-8-15(12-17)13-18-16-9-5-3-4-6-10-16/h7-8,11-12,14,16,18H,3-6,9-10,13H2,1-2H3. The van der Waals surface area contributed by atoms with E-state index in [2.05, 4.69) is 37.4 Å². The average Bonchev–Trinajstić information content (AvgIpc) is 2.64. The molecule has 106 valence electrons. The molecule has 0 amide bonds. The summed E-state index contributed by atoms with van der Waals surface area (Å²) in [7, 11) is 0. The average molecular weight is 261 g/mol. The smallest absolute Gasteiger partial charge is 0.120 e. The second-order valence-corrected chi connectivity index (χ2v) is 5.88. The van der Waals surface area contributed by atoms with Gasteiger partial charge in [0.2, 0.25) is 0 Å². The Morgan fingerprint density at radius 1 is 1.16 bits per heavy atom. The van der Waals surface area contributed by atoms with E-state index in [4.69, 9.17) is 4.74 Å². The molecule has 0 bridgehead atoms. The number of hydrogen-bond acceptors (Lipinski definition) is 2. The van der Waals surface area contributed by atoms with Crippen molar-refractivity contribution >= 4 is 0 Å². The molecule has 0 spiro atoms. The lowest BCUT2D eigenvalue weighted by Gasteiger charge is -2.17. The van der Waals surface area contributed by atoms with Gasteiger partial charge in [0.05, 0.1) is 6.10 Å². The van der Waals surface area contributed by atoms with Crippen molar-refractivity contribution in [2.24, 2.45) is 0 Å². The lowest BCUT2D eigenvalue weighted by Crippen LogP contribution is -2.27. The fourth-order valence-electron chi connectivity index (χ4n) is 2.75. The SMILES string of the molecule is CC(C)Oc1cccc(CNC2CCCCCC2)c1. The molecule has 1 fully saturated rings. The van der Waals surface area contributed by atoms with Gasteiger partial charge < -0.3 is 10.1 Å². The second kappa shape index (κ2) is 7.54. The highest BCUT2D eigenvalue weighted by molar-refractivity contribution is 5.28. The van der Waals surface area contributed by atoms with E-state index in [0.29, 0.717) is 6.04 Å². The molecule has 2 heteroatoms. The Morgan fingerprint density at radius 2 is 1.89 bits per heavy atom. The van der Waals surface area contributed by atoms with Crippen LogP contribution in [0.4, 0.5) is 0 Å². The molecule has 1 aliphatic carbocycles. The predicted molar refractivity (Wildman–Crippen MR) is 80.5 cm³/mol. The summed E-state index contributed by atoms with van der Waals surface area (Å²) in [6.07, 6.45) is 8.50. The Balaban J connectivity index is 1.84. The van der Waals surface area contributed by atoms with Gasteiger partial charge in [-0.05, 0) is 44.4 Å². The predicted octanol–water partition coefficient (Wildman–Crippen LogP) is 4.29. The van der Waals surface area contributed by atoms with Gasteiger partial charge in [-0.1, -0.05) is 37.8 Å². The summed E-state index contributed by atoms with van der Waals surface area (Å²) >= 11 is 0. The Bertz CT molecular complexity index is 367. The van der Waals surface area contributed by atoms with E-state index in [1.54, 1.807) is 0 Å². The Hall–Kier alpha value is -1.02. The fourth-order valence-corrected chi connectivity index (χ4v) is 2.75. The van der Waals surface area contributed by atoms with Crippen molar-refractivity contribution in [3.8, 4) is 5.75 Å². The van der Waals surface area contributed by atoms with E-state index >= 15 is 0 Å². The summed E-state index contributed by atoms with van der Waals surface area (Å²) in [6.45, 7) is 5.09. The zero-order valence-electron chi connectivity index (χ0n) is 12.3. The van der Waals surface area contributed by atoms with Crippen LogP contribution in [0.5, 0.6) is 5.75 Å². The lowest BCUT2D eigenvalue weighted by atomic mass is 10.1. The van der Waals surface area contributed by atoms with Gasteiger partial charge in [-0.25, -0.2) is 0 Å². The quantitative estimate of drug-likeness (QED) is 0.798. The Labute approximate surface area is 117 Å². The highest BCUT2D eigenvalue weighted by atomic mass is 16.5. The van der Waals surface area contributed by atoms with Crippen molar-refractivity contribution in [3.05, 3.63) is 29.8 Å². The molecule has 0 aliphatic heterocycles. The highest BCUT2D eigenvalue weighted by Gasteiger charge is 2.11. The summed E-state index contributed by atoms with van der Waals surface area (Å²) in [5.74, 6) is 0.982. The number of nitrogens with one attached hydrogen (secondary N) is 1. The molecule has 0 atom stereocenters. The topological polar surface area (TPSA) is 21.3 Å². The third kappa shape index (κ3) is 5.23. The zero-order valence-corrected chi connectivity index (χ0v) is 12.3. The third-order valence-corrected chi connectivity index (χ3v) is 3.72. The first kappa shape index (κ1) is 14.4. The largest absolute Gasteiger partial charge is 0.491 e. The molecule has 0 heterocycles. The van der Waals surface area contributed by atoms with Gasteiger partial charge in [0, 0.05) is 12.6 Å². The summed E-state index contributed by atoms with van der Waals surface area (Å²) in [6, 6.07) is 9.16. The normalized spacial score (nSPS) is 17.4. The molecule has 2 nitrogen and oxygen atoms in total. The van der Waals surface area contributed by atoms with Crippen molar-refractivity contribution in [2.75, 3.05) is 0 Å². The van der Waals surface area contributed by atoms with Crippen LogP contribution < -0.4 is 10.1 Å². The van der Waals surface area contributed by atoms with Crippen molar-refractivity contribution in [1.29, 1.82) is 0 Å². The maximum Gasteiger partial charge on any atom is 0.120 e. The van der Waals surface area contributed by atoms with Gasteiger partial charge in [-0.3, -0.25) is 0 Å². The van der Waals surface area contributed by atoms with Gasteiger partial charge in [-0.2, -0.15) is 0 Å². The molecule has 2 rings (SSSR count). The molecule has 1 aliphatic rings. The lowest BCUT2D eigenvalue weighted by molar-refractivity contribution is 0.242. The van der Waals surface area contributed by atoms with E-state index in [1.165, 1.54) is 44.1 Å². The maximum atomic E-state index is 5.74.